The Balaban J connectivity index is 2.45. The van der Waals surface area contributed by atoms with Gasteiger partial charge < -0.3 is 5.73 Å². The van der Waals surface area contributed by atoms with E-state index in [0.29, 0.717) is 17.4 Å². The zero-order chi connectivity index (χ0) is 10.8. The zero-order valence-electron chi connectivity index (χ0n) is 8.31. The number of hydrogen-bond donors (Lipinski definition) is 1. The SMILES string of the molecule is Cn1nc(-c2cccc(Cl)c2)nc1CN. The molecule has 4 nitrogen and oxygen atoms in total. The largest absolute Gasteiger partial charge is 0.324 e. The van der Waals surface area contributed by atoms with Crippen LogP contribution in [0.25, 0.3) is 11.4 Å². The van der Waals surface area contributed by atoms with Crippen molar-refractivity contribution in [3.8, 4) is 11.4 Å². The Morgan fingerprint density at radius 1 is 1.47 bits per heavy atom. The third kappa shape index (κ3) is 2.00. The molecule has 1 heterocycles. The highest BCUT2D eigenvalue weighted by atomic mass is 35.5. The first-order valence-electron chi connectivity index (χ1n) is 4.56. The highest BCUT2D eigenvalue weighted by molar-refractivity contribution is 6.30. The Labute approximate surface area is 92.7 Å². The number of aromatic nitrogens is 3. The summed E-state index contributed by atoms with van der Waals surface area (Å²) in [6.07, 6.45) is 0. The van der Waals surface area contributed by atoms with Crippen molar-refractivity contribution < 1.29 is 0 Å². The molecule has 0 atom stereocenters. The molecule has 0 aliphatic heterocycles. The van der Waals surface area contributed by atoms with E-state index in [1.807, 2.05) is 31.3 Å². The van der Waals surface area contributed by atoms with Crippen molar-refractivity contribution in [1.82, 2.24) is 14.8 Å². The van der Waals surface area contributed by atoms with Crippen LogP contribution < -0.4 is 5.73 Å². The van der Waals surface area contributed by atoms with Crippen molar-refractivity contribution in [3.05, 3.63) is 35.1 Å². The average Bonchev–Trinajstić information content (AvgIpc) is 2.60. The van der Waals surface area contributed by atoms with E-state index in [-0.39, 0.29) is 0 Å². The number of nitrogens with zero attached hydrogens (tertiary/aromatic N) is 3. The maximum atomic E-state index is 5.89. The Morgan fingerprint density at radius 2 is 2.27 bits per heavy atom. The predicted molar refractivity (Wildman–Crippen MR) is 59.3 cm³/mol. The smallest absolute Gasteiger partial charge is 0.181 e. The Kier molecular flexibility index (Phi) is 2.70. The molecule has 5 heteroatoms. The van der Waals surface area contributed by atoms with E-state index < -0.39 is 0 Å². The minimum atomic E-state index is 0.379. The second-order valence-corrected chi connectivity index (χ2v) is 3.63. The lowest BCUT2D eigenvalue weighted by molar-refractivity contribution is 0.703. The lowest BCUT2D eigenvalue weighted by Crippen LogP contribution is -2.05. The van der Waals surface area contributed by atoms with Gasteiger partial charge in [0.2, 0.25) is 0 Å². The van der Waals surface area contributed by atoms with Gasteiger partial charge in [0, 0.05) is 17.6 Å². The van der Waals surface area contributed by atoms with Crippen LogP contribution >= 0.6 is 11.6 Å². The van der Waals surface area contributed by atoms with Crippen LogP contribution in [0.1, 0.15) is 5.82 Å². The third-order valence-electron chi connectivity index (χ3n) is 2.12. The fourth-order valence-corrected chi connectivity index (χ4v) is 1.53. The molecular weight excluding hydrogens is 212 g/mol. The summed E-state index contributed by atoms with van der Waals surface area (Å²) < 4.78 is 1.68. The molecule has 0 saturated heterocycles. The molecule has 2 rings (SSSR count). The van der Waals surface area contributed by atoms with Crippen LogP contribution in [0.5, 0.6) is 0 Å². The van der Waals surface area contributed by atoms with Crippen LogP contribution in [0.15, 0.2) is 24.3 Å². The molecule has 0 bridgehead atoms. The van der Waals surface area contributed by atoms with Gasteiger partial charge in [-0.25, -0.2) is 4.98 Å². The van der Waals surface area contributed by atoms with Gasteiger partial charge in [0.15, 0.2) is 5.82 Å². The molecule has 0 amide bonds. The van der Waals surface area contributed by atoms with Gasteiger partial charge in [-0.2, -0.15) is 5.10 Å². The van der Waals surface area contributed by atoms with Gasteiger partial charge in [-0.3, -0.25) is 4.68 Å². The maximum absolute atomic E-state index is 5.89. The number of aryl methyl sites for hydroxylation is 1. The summed E-state index contributed by atoms with van der Waals surface area (Å²) in [5.74, 6) is 1.41. The van der Waals surface area contributed by atoms with Crippen molar-refractivity contribution in [2.45, 2.75) is 6.54 Å². The number of benzene rings is 1. The van der Waals surface area contributed by atoms with Gasteiger partial charge in [0.1, 0.15) is 5.82 Å². The van der Waals surface area contributed by atoms with E-state index in [0.717, 1.165) is 11.4 Å². The van der Waals surface area contributed by atoms with Gasteiger partial charge >= 0.3 is 0 Å². The second kappa shape index (κ2) is 4.00. The molecule has 2 N–H and O–H groups in total. The Hall–Kier alpha value is -1.39. The van der Waals surface area contributed by atoms with Crippen LogP contribution in [-0.2, 0) is 13.6 Å². The van der Waals surface area contributed by atoms with E-state index in [9.17, 15) is 0 Å². The summed E-state index contributed by atoms with van der Waals surface area (Å²) in [4.78, 5) is 4.31. The normalized spacial score (nSPS) is 10.6. The molecule has 0 unspecified atom stereocenters. The fourth-order valence-electron chi connectivity index (χ4n) is 1.34. The lowest BCUT2D eigenvalue weighted by Gasteiger charge is -1.94. The van der Waals surface area contributed by atoms with Crippen LogP contribution in [0, 0.1) is 0 Å². The molecule has 0 fully saturated rings. The van der Waals surface area contributed by atoms with Gasteiger partial charge in [-0.05, 0) is 12.1 Å². The van der Waals surface area contributed by atoms with Gasteiger partial charge in [-0.1, -0.05) is 23.7 Å². The number of hydrogen-bond acceptors (Lipinski definition) is 3. The molecule has 0 radical (unpaired) electrons. The lowest BCUT2D eigenvalue weighted by atomic mass is 10.2. The quantitative estimate of drug-likeness (QED) is 0.840. The summed E-state index contributed by atoms with van der Waals surface area (Å²) in [5.41, 5.74) is 6.42. The highest BCUT2D eigenvalue weighted by Crippen LogP contribution is 2.19. The van der Waals surface area contributed by atoms with Crippen LogP contribution in [-0.4, -0.2) is 14.8 Å². The first-order valence-corrected chi connectivity index (χ1v) is 4.94. The summed E-state index contributed by atoms with van der Waals surface area (Å²) in [6.45, 7) is 0.379. The monoisotopic (exact) mass is 222 g/mol. The van der Waals surface area contributed by atoms with E-state index in [2.05, 4.69) is 10.1 Å². The number of halogens is 1. The van der Waals surface area contributed by atoms with E-state index in [1.54, 1.807) is 4.68 Å². The van der Waals surface area contributed by atoms with Gasteiger partial charge in [-0.15, -0.1) is 0 Å². The first-order chi connectivity index (χ1) is 7.20. The minimum absolute atomic E-state index is 0.379. The second-order valence-electron chi connectivity index (χ2n) is 3.19. The highest BCUT2D eigenvalue weighted by Gasteiger charge is 2.07. The molecule has 0 aliphatic carbocycles. The standard InChI is InChI=1S/C10H11ClN4/c1-15-9(6-12)13-10(14-15)7-3-2-4-8(11)5-7/h2-5H,6,12H2,1H3. The van der Waals surface area contributed by atoms with Crippen molar-refractivity contribution in [3.63, 3.8) is 0 Å². The van der Waals surface area contributed by atoms with Crippen LogP contribution in [0.2, 0.25) is 5.02 Å². The molecule has 1 aromatic carbocycles. The average molecular weight is 223 g/mol. The Bertz CT molecular complexity index is 478. The molecule has 0 aliphatic rings. The van der Waals surface area contributed by atoms with Crippen LogP contribution in [0.4, 0.5) is 0 Å². The summed E-state index contributed by atoms with van der Waals surface area (Å²) in [5, 5.41) is 4.93. The Morgan fingerprint density at radius 3 is 2.87 bits per heavy atom. The molecule has 2 aromatic rings. The van der Waals surface area contributed by atoms with E-state index in [1.165, 1.54) is 0 Å². The first kappa shape index (κ1) is 10.1. The predicted octanol–water partition coefficient (Wildman–Crippen LogP) is 1.59. The molecule has 78 valence electrons. The third-order valence-corrected chi connectivity index (χ3v) is 2.35. The molecule has 1 aromatic heterocycles. The summed E-state index contributed by atoms with van der Waals surface area (Å²) in [7, 11) is 1.82. The van der Waals surface area contributed by atoms with Crippen molar-refractivity contribution >= 4 is 11.6 Å². The number of nitrogens with two attached hydrogens (primary N) is 1. The maximum Gasteiger partial charge on any atom is 0.181 e. The number of rotatable bonds is 2. The topological polar surface area (TPSA) is 56.7 Å². The molecule has 15 heavy (non-hydrogen) atoms. The van der Waals surface area contributed by atoms with Crippen molar-refractivity contribution in [2.24, 2.45) is 12.8 Å². The fraction of sp³-hybridized carbons (Fsp3) is 0.200. The molecular formula is C10H11ClN4. The minimum Gasteiger partial charge on any atom is -0.324 e. The zero-order valence-corrected chi connectivity index (χ0v) is 9.07. The summed E-state index contributed by atoms with van der Waals surface area (Å²) >= 11 is 5.89. The van der Waals surface area contributed by atoms with Crippen molar-refractivity contribution in [1.29, 1.82) is 0 Å². The van der Waals surface area contributed by atoms with E-state index in [4.69, 9.17) is 17.3 Å². The van der Waals surface area contributed by atoms with Crippen molar-refractivity contribution in [2.75, 3.05) is 0 Å². The summed E-state index contributed by atoms with van der Waals surface area (Å²) in [6, 6.07) is 7.44. The van der Waals surface area contributed by atoms with Crippen LogP contribution in [0.3, 0.4) is 0 Å². The van der Waals surface area contributed by atoms with Gasteiger partial charge in [0.05, 0.1) is 6.54 Å². The van der Waals surface area contributed by atoms with E-state index >= 15 is 0 Å². The molecule has 0 saturated carbocycles. The molecule has 0 spiro atoms. The van der Waals surface area contributed by atoms with Gasteiger partial charge in [0.25, 0.3) is 0 Å².